The van der Waals surface area contributed by atoms with Crippen molar-refractivity contribution in [2.24, 2.45) is 0 Å². The average molecular weight is 462 g/mol. The second-order valence-corrected chi connectivity index (χ2v) is 8.68. The Morgan fingerprint density at radius 3 is 2.29 bits per heavy atom. The summed E-state index contributed by atoms with van der Waals surface area (Å²) < 4.78 is 20.0. The summed E-state index contributed by atoms with van der Waals surface area (Å²) >= 11 is 0. The van der Waals surface area contributed by atoms with E-state index in [0.29, 0.717) is 17.7 Å². The van der Waals surface area contributed by atoms with Crippen molar-refractivity contribution >= 4 is 11.8 Å². The van der Waals surface area contributed by atoms with E-state index >= 15 is 0 Å². The fourth-order valence-electron chi connectivity index (χ4n) is 4.33. The Hall–Kier alpha value is -3.55. The molecule has 2 amide bonds. The second kappa shape index (κ2) is 10.2. The van der Waals surface area contributed by atoms with Crippen LogP contribution in [0.2, 0.25) is 0 Å². The first-order valence-corrected chi connectivity index (χ1v) is 11.2. The zero-order chi connectivity index (χ0) is 24.1. The molecule has 1 aliphatic rings. The summed E-state index contributed by atoms with van der Waals surface area (Å²) in [5.41, 5.74) is 7.84. The van der Waals surface area contributed by atoms with Crippen molar-refractivity contribution in [3.05, 3.63) is 106 Å². The maximum atomic E-state index is 13.6. The quantitative estimate of drug-likeness (QED) is 0.522. The molecule has 7 heteroatoms. The Bertz CT molecular complexity index is 1170. The van der Waals surface area contributed by atoms with Gasteiger partial charge in [0.25, 0.3) is 11.8 Å². The third-order valence-corrected chi connectivity index (χ3v) is 6.05. The van der Waals surface area contributed by atoms with Gasteiger partial charge < -0.3 is 9.64 Å². The topological polar surface area (TPSA) is 70.7 Å². The molecule has 0 aliphatic carbocycles. The van der Waals surface area contributed by atoms with Crippen molar-refractivity contribution in [1.29, 1.82) is 0 Å². The number of fused-ring (bicyclic) bond motifs is 1. The number of hydrogen-bond acceptors (Lipinski definition) is 4. The van der Waals surface area contributed by atoms with Crippen LogP contribution in [0, 0.1) is 5.82 Å². The van der Waals surface area contributed by atoms with E-state index in [4.69, 9.17) is 4.74 Å². The largest absolute Gasteiger partial charge is 0.361 e. The van der Waals surface area contributed by atoms with Crippen LogP contribution in [0.25, 0.3) is 0 Å². The summed E-state index contributed by atoms with van der Waals surface area (Å²) in [6, 6.07) is 20.5. The van der Waals surface area contributed by atoms with Crippen LogP contribution in [-0.4, -0.2) is 37.4 Å². The van der Waals surface area contributed by atoms with Crippen LogP contribution in [-0.2, 0) is 16.9 Å². The molecular weight excluding hydrogens is 433 g/mol. The highest BCUT2D eigenvalue weighted by molar-refractivity contribution is 5.99. The second-order valence-electron chi connectivity index (χ2n) is 8.68. The number of carbonyl (C=O) groups excluding carboxylic acids is 2. The summed E-state index contributed by atoms with van der Waals surface area (Å²) in [6.45, 7) is 1.23. The van der Waals surface area contributed by atoms with E-state index in [2.05, 4.69) is 15.8 Å². The van der Waals surface area contributed by atoms with Crippen LogP contribution in [0.3, 0.4) is 0 Å². The Morgan fingerprint density at radius 2 is 1.62 bits per heavy atom. The molecule has 1 aliphatic heterocycles. The number of hydrazine groups is 1. The maximum Gasteiger partial charge on any atom is 0.269 e. The van der Waals surface area contributed by atoms with E-state index in [1.807, 2.05) is 26.2 Å². The monoisotopic (exact) mass is 461 g/mol. The normalized spacial score (nSPS) is 16.8. The molecule has 34 heavy (non-hydrogen) atoms. The molecule has 4 rings (SSSR count). The lowest BCUT2D eigenvalue weighted by atomic mass is 9.81. The number of ether oxygens (including phenoxy) is 1. The van der Waals surface area contributed by atoms with Crippen molar-refractivity contribution < 1.29 is 18.7 Å². The Kier molecular flexibility index (Phi) is 7.05. The van der Waals surface area contributed by atoms with Gasteiger partial charge in [-0.25, -0.2) is 4.39 Å². The van der Waals surface area contributed by atoms with Gasteiger partial charge in [0.05, 0.1) is 6.61 Å². The molecule has 0 bridgehead atoms. The van der Waals surface area contributed by atoms with Crippen LogP contribution < -0.4 is 10.9 Å². The number of nitrogens with zero attached hydrogens (tertiary/aromatic N) is 1. The predicted molar refractivity (Wildman–Crippen MR) is 128 cm³/mol. The summed E-state index contributed by atoms with van der Waals surface area (Å²) in [4.78, 5) is 27.0. The molecular formula is C27H28FN3O3. The van der Waals surface area contributed by atoms with Gasteiger partial charge in [-0.3, -0.25) is 20.4 Å². The number of halogens is 1. The predicted octanol–water partition coefficient (Wildman–Crippen LogP) is 4.02. The van der Waals surface area contributed by atoms with Gasteiger partial charge in [-0.05, 0) is 86.6 Å². The third-order valence-electron chi connectivity index (χ3n) is 6.05. The number of hydrogen-bond donors (Lipinski definition) is 2. The molecule has 2 N–H and O–H groups in total. The van der Waals surface area contributed by atoms with Crippen LogP contribution >= 0.6 is 0 Å². The number of rotatable bonds is 7. The fourth-order valence-corrected chi connectivity index (χ4v) is 4.33. The van der Waals surface area contributed by atoms with Crippen molar-refractivity contribution in [2.75, 3.05) is 20.6 Å². The summed E-state index contributed by atoms with van der Waals surface area (Å²) in [5, 5.41) is 0. The number of nitrogens with one attached hydrogen (secondary N) is 2. The molecule has 0 spiro atoms. The zero-order valence-corrected chi connectivity index (χ0v) is 19.3. The van der Waals surface area contributed by atoms with Gasteiger partial charge in [-0.2, -0.15) is 0 Å². The van der Waals surface area contributed by atoms with E-state index < -0.39 is 17.4 Å². The summed E-state index contributed by atoms with van der Waals surface area (Å²) in [7, 11) is 4.05. The maximum absolute atomic E-state index is 13.6. The van der Waals surface area contributed by atoms with E-state index in [-0.39, 0.29) is 5.82 Å². The van der Waals surface area contributed by atoms with Crippen LogP contribution in [0.4, 0.5) is 4.39 Å². The van der Waals surface area contributed by atoms with E-state index in [1.54, 1.807) is 48.5 Å². The molecule has 0 saturated heterocycles. The number of benzene rings is 3. The molecule has 176 valence electrons. The van der Waals surface area contributed by atoms with Crippen molar-refractivity contribution in [2.45, 2.75) is 25.0 Å². The Labute approximate surface area is 198 Å². The smallest absolute Gasteiger partial charge is 0.269 e. The highest BCUT2D eigenvalue weighted by Crippen LogP contribution is 2.45. The molecule has 0 saturated carbocycles. The van der Waals surface area contributed by atoms with Gasteiger partial charge in [0.1, 0.15) is 11.4 Å². The molecule has 6 nitrogen and oxygen atoms in total. The lowest BCUT2D eigenvalue weighted by Gasteiger charge is -2.31. The molecule has 1 unspecified atom stereocenters. The molecule has 0 radical (unpaired) electrons. The van der Waals surface area contributed by atoms with Crippen molar-refractivity contribution in [1.82, 2.24) is 15.8 Å². The highest BCUT2D eigenvalue weighted by Gasteiger charge is 2.41. The average Bonchev–Trinajstić information content (AvgIpc) is 3.22. The first-order chi connectivity index (χ1) is 16.4. The van der Waals surface area contributed by atoms with Gasteiger partial charge in [-0.15, -0.1) is 0 Å². The van der Waals surface area contributed by atoms with Gasteiger partial charge in [0.2, 0.25) is 0 Å². The molecule has 3 aromatic rings. The first kappa shape index (κ1) is 23.6. The number of carbonyl (C=O) groups is 2. The highest BCUT2D eigenvalue weighted by atomic mass is 19.1. The van der Waals surface area contributed by atoms with E-state index in [0.717, 1.165) is 36.1 Å². The molecule has 1 heterocycles. The van der Waals surface area contributed by atoms with E-state index in [9.17, 15) is 14.0 Å². The Balaban J connectivity index is 1.54. The minimum absolute atomic E-state index is 0.296. The van der Waals surface area contributed by atoms with Crippen LogP contribution in [0.1, 0.15) is 50.2 Å². The number of amides is 2. The lowest BCUT2D eigenvalue weighted by Crippen LogP contribution is -2.41. The third kappa shape index (κ3) is 5.00. The van der Waals surface area contributed by atoms with Gasteiger partial charge in [-0.1, -0.05) is 36.4 Å². The fraction of sp³-hybridized carbons (Fsp3) is 0.259. The molecule has 0 aromatic heterocycles. The summed E-state index contributed by atoms with van der Waals surface area (Å²) in [6.07, 6.45) is 1.61. The van der Waals surface area contributed by atoms with Gasteiger partial charge in [0, 0.05) is 11.1 Å². The minimum atomic E-state index is -0.699. The van der Waals surface area contributed by atoms with Crippen LogP contribution in [0.15, 0.2) is 72.8 Å². The lowest BCUT2D eigenvalue weighted by molar-refractivity contribution is -0.0140. The molecule has 0 fully saturated rings. The summed E-state index contributed by atoms with van der Waals surface area (Å²) in [5.74, 6) is -1.11. The Morgan fingerprint density at radius 1 is 0.941 bits per heavy atom. The van der Waals surface area contributed by atoms with Crippen molar-refractivity contribution in [3.8, 4) is 0 Å². The van der Waals surface area contributed by atoms with Crippen LogP contribution in [0.5, 0.6) is 0 Å². The zero-order valence-electron chi connectivity index (χ0n) is 19.3. The minimum Gasteiger partial charge on any atom is -0.361 e. The first-order valence-electron chi connectivity index (χ1n) is 11.2. The van der Waals surface area contributed by atoms with E-state index in [1.165, 1.54) is 12.1 Å². The van der Waals surface area contributed by atoms with Gasteiger partial charge >= 0.3 is 0 Å². The standard InChI is InChI=1S/C27H28FN3O3/c1-31(2)16-6-15-27(22-10-12-23(28)13-11-22)24-14-9-20(17-21(24)18-34-27)26(33)30-29-25(32)19-7-4-3-5-8-19/h3-5,7-14,17H,6,15-16,18H2,1-2H3,(H,29,32)(H,30,33). The van der Waals surface area contributed by atoms with Gasteiger partial charge in [0.15, 0.2) is 0 Å². The molecule has 3 aromatic carbocycles. The van der Waals surface area contributed by atoms with Crippen molar-refractivity contribution in [3.63, 3.8) is 0 Å². The molecule has 1 atom stereocenters. The SMILES string of the molecule is CN(C)CCCC1(c2ccc(F)cc2)OCc2cc(C(=O)NNC(=O)c3ccccc3)ccc21.